The van der Waals surface area contributed by atoms with Gasteiger partial charge in [-0.2, -0.15) is 0 Å². The number of hydrogen-bond acceptors (Lipinski definition) is 3. The fourth-order valence-electron chi connectivity index (χ4n) is 3.60. The van der Waals surface area contributed by atoms with Crippen LogP contribution in [0.2, 0.25) is 5.02 Å². The Morgan fingerprint density at radius 2 is 1.96 bits per heavy atom. The van der Waals surface area contributed by atoms with Crippen LogP contribution in [0.25, 0.3) is 0 Å². The first-order chi connectivity index (χ1) is 11.8. The van der Waals surface area contributed by atoms with Gasteiger partial charge < -0.3 is 10.2 Å². The zero-order valence-electron chi connectivity index (χ0n) is 13.8. The van der Waals surface area contributed by atoms with Crippen molar-refractivity contribution in [3.63, 3.8) is 0 Å². The molecule has 0 atom stereocenters. The third-order valence-corrected chi connectivity index (χ3v) is 5.23. The molecule has 1 N–H and O–H groups in total. The van der Waals surface area contributed by atoms with Crippen LogP contribution in [0.5, 0.6) is 0 Å². The van der Waals surface area contributed by atoms with E-state index in [0.29, 0.717) is 12.8 Å². The predicted octanol–water partition coefficient (Wildman–Crippen LogP) is 3.01. The highest BCUT2D eigenvalue weighted by Crippen LogP contribution is 2.39. The summed E-state index contributed by atoms with van der Waals surface area (Å²) in [6, 6.07) is 3.36. The topological polar surface area (TPSA) is 69.7 Å². The van der Waals surface area contributed by atoms with Crippen LogP contribution < -0.4 is 5.32 Å². The van der Waals surface area contributed by atoms with Gasteiger partial charge in [0.1, 0.15) is 17.9 Å². The molecule has 1 aromatic carbocycles. The van der Waals surface area contributed by atoms with Gasteiger partial charge in [0.05, 0.1) is 5.69 Å². The summed E-state index contributed by atoms with van der Waals surface area (Å²) in [5, 5.41) is 2.58. The number of rotatable bonds is 3. The van der Waals surface area contributed by atoms with E-state index in [1.54, 1.807) is 7.05 Å². The van der Waals surface area contributed by atoms with Crippen LogP contribution in [0.4, 0.5) is 14.9 Å². The number of anilines is 1. The largest absolute Gasteiger partial charge is 0.327 e. The van der Waals surface area contributed by atoms with Crippen LogP contribution in [0.1, 0.15) is 32.1 Å². The van der Waals surface area contributed by atoms with Gasteiger partial charge in [-0.3, -0.25) is 14.5 Å². The fraction of sp³-hybridized carbons (Fsp3) is 0.471. The number of urea groups is 1. The summed E-state index contributed by atoms with van der Waals surface area (Å²) in [5.41, 5.74) is -0.879. The van der Waals surface area contributed by atoms with Gasteiger partial charge >= 0.3 is 6.03 Å². The number of carbonyl (C=O) groups is 3. The molecule has 1 spiro atoms. The van der Waals surface area contributed by atoms with E-state index in [0.717, 1.165) is 30.2 Å². The second kappa shape index (κ2) is 6.63. The number of nitrogens with one attached hydrogen (secondary N) is 1. The standard InChI is InChI=1S/C17H19ClFN3O3/c1-21-16(25)22(15(24)17(21)7-3-2-4-8-17)10-14(23)20-13-6-5-11(18)9-12(13)19/h5-6,9H,2-4,7-8,10H2,1H3,(H,20,23). The van der Waals surface area contributed by atoms with E-state index < -0.39 is 29.8 Å². The lowest BCUT2D eigenvalue weighted by Gasteiger charge is -2.35. The minimum atomic E-state index is -0.832. The molecule has 0 unspecified atom stereocenters. The minimum absolute atomic E-state index is 0.0470. The normalized spacial score (nSPS) is 19.6. The van der Waals surface area contributed by atoms with Crippen molar-refractivity contribution in [1.82, 2.24) is 9.80 Å². The molecule has 1 heterocycles. The summed E-state index contributed by atoms with van der Waals surface area (Å²) >= 11 is 5.67. The Labute approximate surface area is 149 Å². The lowest BCUT2D eigenvalue weighted by Crippen LogP contribution is -2.49. The monoisotopic (exact) mass is 367 g/mol. The first kappa shape index (κ1) is 17.7. The Kier molecular flexibility index (Phi) is 4.69. The maximum atomic E-state index is 13.8. The smallest absolute Gasteiger partial charge is 0.322 e. The Morgan fingerprint density at radius 3 is 2.60 bits per heavy atom. The maximum Gasteiger partial charge on any atom is 0.327 e. The van der Waals surface area contributed by atoms with Gasteiger partial charge in [0.25, 0.3) is 5.91 Å². The van der Waals surface area contributed by atoms with Crippen LogP contribution in [0.3, 0.4) is 0 Å². The Hall–Kier alpha value is -2.15. The second-order valence-electron chi connectivity index (χ2n) is 6.50. The number of hydrogen-bond donors (Lipinski definition) is 1. The molecule has 2 aliphatic rings. The lowest BCUT2D eigenvalue weighted by atomic mass is 9.81. The molecule has 1 saturated carbocycles. The average Bonchev–Trinajstić information content (AvgIpc) is 2.75. The molecule has 0 bridgehead atoms. The molecule has 2 fully saturated rings. The highest BCUT2D eigenvalue weighted by atomic mass is 35.5. The molecule has 134 valence electrons. The fourth-order valence-corrected chi connectivity index (χ4v) is 3.75. The van der Waals surface area contributed by atoms with Gasteiger partial charge in [-0.1, -0.05) is 30.9 Å². The molecule has 25 heavy (non-hydrogen) atoms. The lowest BCUT2D eigenvalue weighted by molar-refractivity contribution is -0.136. The highest BCUT2D eigenvalue weighted by molar-refractivity contribution is 6.30. The van der Waals surface area contributed by atoms with Crippen molar-refractivity contribution >= 4 is 35.1 Å². The molecule has 4 amide bonds. The Morgan fingerprint density at radius 1 is 1.28 bits per heavy atom. The predicted molar refractivity (Wildman–Crippen MR) is 90.7 cm³/mol. The van der Waals surface area contributed by atoms with Gasteiger partial charge in [-0.25, -0.2) is 9.18 Å². The van der Waals surface area contributed by atoms with Crippen LogP contribution in [-0.4, -0.2) is 46.8 Å². The van der Waals surface area contributed by atoms with E-state index in [1.165, 1.54) is 17.0 Å². The summed E-state index contributed by atoms with van der Waals surface area (Å²) in [6.07, 6.45) is 4.00. The van der Waals surface area contributed by atoms with E-state index in [4.69, 9.17) is 11.6 Å². The van der Waals surface area contributed by atoms with Crippen LogP contribution in [0, 0.1) is 5.82 Å². The number of nitrogens with zero attached hydrogens (tertiary/aromatic N) is 2. The van der Waals surface area contributed by atoms with Gasteiger partial charge in [-0.05, 0) is 31.0 Å². The third-order valence-electron chi connectivity index (χ3n) is 4.99. The summed E-state index contributed by atoms with van der Waals surface area (Å²) in [7, 11) is 1.60. The van der Waals surface area contributed by atoms with Crippen molar-refractivity contribution < 1.29 is 18.8 Å². The molecule has 1 aliphatic heterocycles. The van der Waals surface area contributed by atoms with Crippen molar-refractivity contribution in [3.05, 3.63) is 29.0 Å². The van der Waals surface area contributed by atoms with E-state index in [1.807, 2.05) is 0 Å². The van der Waals surface area contributed by atoms with E-state index in [-0.39, 0.29) is 16.6 Å². The number of imide groups is 1. The van der Waals surface area contributed by atoms with Crippen molar-refractivity contribution in [3.8, 4) is 0 Å². The molecule has 3 rings (SSSR count). The molecule has 0 aromatic heterocycles. The number of amides is 4. The molecule has 8 heteroatoms. The van der Waals surface area contributed by atoms with E-state index in [2.05, 4.69) is 5.32 Å². The highest BCUT2D eigenvalue weighted by Gasteiger charge is 2.55. The van der Waals surface area contributed by atoms with Crippen molar-refractivity contribution in [2.45, 2.75) is 37.6 Å². The molecule has 1 aromatic rings. The Balaban J connectivity index is 1.72. The number of likely N-dealkylation sites (N-methyl/N-ethyl adjacent to an activating group) is 1. The summed E-state index contributed by atoms with van der Waals surface area (Å²) < 4.78 is 13.8. The second-order valence-corrected chi connectivity index (χ2v) is 6.93. The van der Waals surface area contributed by atoms with E-state index >= 15 is 0 Å². The van der Waals surface area contributed by atoms with Crippen molar-refractivity contribution in [1.29, 1.82) is 0 Å². The van der Waals surface area contributed by atoms with Crippen LogP contribution >= 0.6 is 11.6 Å². The summed E-state index contributed by atoms with van der Waals surface area (Å²) in [5.74, 6) is -1.66. The first-order valence-electron chi connectivity index (χ1n) is 8.20. The van der Waals surface area contributed by atoms with Gasteiger partial charge in [0, 0.05) is 12.1 Å². The molecular formula is C17H19ClFN3O3. The third kappa shape index (κ3) is 3.08. The summed E-state index contributed by atoms with van der Waals surface area (Å²) in [6.45, 7) is -0.439. The minimum Gasteiger partial charge on any atom is -0.322 e. The van der Waals surface area contributed by atoms with Gasteiger partial charge in [0.15, 0.2) is 0 Å². The summed E-state index contributed by atoms with van der Waals surface area (Å²) in [4.78, 5) is 39.8. The molecule has 0 radical (unpaired) electrons. The maximum absolute atomic E-state index is 13.8. The van der Waals surface area contributed by atoms with Crippen molar-refractivity contribution in [2.24, 2.45) is 0 Å². The number of halogens is 2. The molecular weight excluding hydrogens is 349 g/mol. The van der Waals surface area contributed by atoms with Crippen molar-refractivity contribution in [2.75, 3.05) is 18.9 Å². The van der Waals surface area contributed by atoms with Gasteiger partial charge in [0.2, 0.25) is 5.91 Å². The molecule has 6 nitrogen and oxygen atoms in total. The van der Waals surface area contributed by atoms with Crippen LogP contribution in [0.15, 0.2) is 18.2 Å². The SMILES string of the molecule is CN1C(=O)N(CC(=O)Nc2ccc(Cl)cc2F)C(=O)C12CCCCC2. The zero-order chi connectivity index (χ0) is 18.2. The first-order valence-corrected chi connectivity index (χ1v) is 8.57. The average molecular weight is 368 g/mol. The molecule has 1 saturated heterocycles. The van der Waals surface area contributed by atoms with E-state index in [9.17, 15) is 18.8 Å². The van der Waals surface area contributed by atoms with Gasteiger partial charge in [-0.15, -0.1) is 0 Å². The number of carbonyl (C=O) groups excluding carboxylic acids is 3. The number of benzene rings is 1. The van der Waals surface area contributed by atoms with Crippen LogP contribution in [-0.2, 0) is 9.59 Å². The Bertz CT molecular complexity index is 734. The quantitative estimate of drug-likeness (QED) is 0.835. The molecule has 1 aliphatic carbocycles. The zero-order valence-corrected chi connectivity index (χ0v) is 14.6.